The number of aliphatic carboxylic acids is 1. The van der Waals surface area contributed by atoms with Gasteiger partial charge in [-0.25, -0.2) is 4.79 Å². The van der Waals surface area contributed by atoms with Gasteiger partial charge in [0.05, 0.1) is 26.3 Å². The first-order chi connectivity index (χ1) is 7.02. The van der Waals surface area contributed by atoms with Gasteiger partial charge in [0.2, 0.25) is 5.91 Å². The fraction of sp³-hybridized carbons (Fsp3) is 0.778. The Balaban J connectivity index is 1.95. The predicted molar refractivity (Wildman–Crippen MR) is 48.3 cm³/mol. The molecular formula is C9H13NO5. The van der Waals surface area contributed by atoms with Crippen molar-refractivity contribution in [3.63, 3.8) is 0 Å². The lowest BCUT2D eigenvalue weighted by Gasteiger charge is -2.51. The molecule has 2 saturated heterocycles. The van der Waals surface area contributed by atoms with E-state index in [-0.39, 0.29) is 12.5 Å². The summed E-state index contributed by atoms with van der Waals surface area (Å²) in [6.07, 6.45) is -0.909. The number of carboxylic acid groups (broad SMARTS) is 1. The fourth-order valence-corrected chi connectivity index (χ4v) is 1.88. The number of likely N-dealkylation sites (tertiary alicyclic amines) is 1. The minimum absolute atomic E-state index is 0.0262. The van der Waals surface area contributed by atoms with Crippen LogP contribution in [0, 0.1) is 0 Å². The van der Waals surface area contributed by atoms with Gasteiger partial charge in [0.25, 0.3) is 0 Å². The molecule has 0 aromatic carbocycles. The lowest BCUT2D eigenvalue weighted by Crippen LogP contribution is -2.70. The van der Waals surface area contributed by atoms with E-state index in [1.54, 1.807) is 4.90 Å². The van der Waals surface area contributed by atoms with Crippen LogP contribution in [0.3, 0.4) is 0 Å². The third-order valence-electron chi connectivity index (χ3n) is 2.71. The van der Waals surface area contributed by atoms with Crippen molar-refractivity contribution in [1.29, 1.82) is 0 Å². The molecule has 0 radical (unpaired) electrons. The van der Waals surface area contributed by atoms with E-state index in [0.29, 0.717) is 19.7 Å². The van der Waals surface area contributed by atoms with E-state index in [2.05, 4.69) is 0 Å². The average Bonchev–Trinajstić information content (AvgIpc) is 2.13. The van der Waals surface area contributed by atoms with E-state index in [0.717, 1.165) is 0 Å². The molecule has 0 aromatic rings. The van der Waals surface area contributed by atoms with Gasteiger partial charge >= 0.3 is 5.97 Å². The van der Waals surface area contributed by atoms with Crippen LogP contribution in [0.2, 0.25) is 0 Å². The van der Waals surface area contributed by atoms with Crippen LogP contribution in [0.4, 0.5) is 0 Å². The summed E-state index contributed by atoms with van der Waals surface area (Å²) in [5.74, 6) is -1.04. The number of amides is 1. The molecule has 2 aliphatic heterocycles. The van der Waals surface area contributed by atoms with E-state index in [1.807, 2.05) is 0 Å². The van der Waals surface area contributed by atoms with Gasteiger partial charge in [-0.05, 0) is 0 Å². The van der Waals surface area contributed by atoms with Crippen LogP contribution in [0.25, 0.3) is 0 Å². The second-order valence-electron chi connectivity index (χ2n) is 4.02. The molecule has 84 valence electrons. The summed E-state index contributed by atoms with van der Waals surface area (Å²) in [6.45, 7) is 2.77. The molecule has 6 heteroatoms. The highest BCUT2D eigenvalue weighted by molar-refractivity contribution is 5.75. The second-order valence-corrected chi connectivity index (χ2v) is 4.02. The molecule has 2 rings (SSSR count). The maximum absolute atomic E-state index is 11.0. The highest BCUT2D eigenvalue weighted by atomic mass is 16.6. The molecule has 2 fully saturated rings. The Labute approximate surface area is 86.8 Å². The standard InChI is InChI=1S/C9H13NO5/c1-6(11)10-3-9(4-10)5-14-2-7(15-9)8(12)13/h7H,2-5H2,1H3,(H,12,13). The van der Waals surface area contributed by atoms with Crippen LogP contribution >= 0.6 is 0 Å². The molecule has 1 amide bonds. The van der Waals surface area contributed by atoms with Gasteiger partial charge in [-0.3, -0.25) is 4.79 Å². The van der Waals surface area contributed by atoms with Crippen LogP contribution < -0.4 is 0 Å². The Morgan fingerprint density at radius 3 is 2.67 bits per heavy atom. The average molecular weight is 215 g/mol. The molecule has 2 aliphatic rings. The minimum Gasteiger partial charge on any atom is -0.479 e. The molecule has 0 aromatic heterocycles. The predicted octanol–water partition coefficient (Wildman–Crippen LogP) is -0.913. The van der Waals surface area contributed by atoms with Gasteiger partial charge in [0.15, 0.2) is 6.10 Å². The third kappa shape index (κ3) is 1.82. The summed E-state index contributed by atoms with van der Waals surface area (Å²) in [6, 6.07) is 0. The lowest BCUT2D eigenvalue weighted by atomic mass is 9.93. The third-order valence-corrected chi connectivity index (χ3v) is 2.71. The number of nitrogens with zero attached hydrogens (tertiary/aromatic N) is 1. The number of rotatable bonds is 1. The smallest absolute Gasteiger partial charge is 0.335 e. The Bertz CT molecular complexity index is 297. The molecule has 0 bridgehead atoms. The zero-order valence-electron chi connectivity index (χ0n) is 8.43. The first-order valence-electron chi connectivity index (χ1n) is 4.76. The van der Waals surface area contributed by atoms with Crippen LogP contribution in [-0.4, -0.2) is 59.9 Å². The maximum Gasteiger partial charge on any atom is 0.335 e. The minimum atomic E-state index is -1.02. The van der Waals surface area contributed by atoms with Crippen molar-refractivity contribution in [3.05, 3.63) is 0 Å². The van der Waals surface area contributed by atoms with Crippen molar-refractivity contribution in [2.45, 2.75) is 18.6 Å². The molecule has 15 heavy (non-hydrogen) atoms. The monoisotopic (exact) mass is 215 g/mol. The molecule has 0 aliphatic carbocycles. The number of ether oxygens (including phenoxy) is 2. The maximum atomic E-state index is 11.0. The van der Waals surface area contributed by atoms with E-state index in [1.165, 1.54) is 6.92 Å². The first kappa shape index (κ1) is 10.4. The number of carboxylic acids is 1. The van der Waals surface area contributed by atoms with Crippen molar-refractivity contribution in [3.8, 4) is 0 Å². The van der Waals surface area contributed by atoms with Gasteiger partial charge in [0, 0.05) is 6.92 Å². The quantitative estimate of drug-likeness (QED) is 0.612. The number of carbonyl (C=O) groups is 2. The van der Waals surface area contributed by atoms with Crippen molar-refractivity contribution in [1.82, 2.24) is 4.90 Å². The van der Waals surface area contributed by atoms with E-state index >= 15 is 0 Å². The number of hydrogen-bond donors (Lipinski definition) is 1. The molecule has 1 N–H and O–H groups in total. The molecule has 6 nitrogen and oxygen atoms in total. The van der Waals surface area contributed by atoms with Gasteiger partial charge in [0.1, 0.15) is 5.60 Å². The fourth-order valence-electron chi connectivity index (χ4n) is 1.88. The summed E-state index contributed by atoms with van der Waals surface area (Å²) in [7, 11) is 0. The Kier molecular flexibility index (Phi) is 2.40. The van der Waals surface area contributed by atoms with E-state index in [9.17, 15) is 9.59 Å². The van der Waals surface area contributed by atoms with Gasteiger partial charge < -0.3 is 19.5 Å². The highest BCUT2D eigenvalue weighted by Gasteiger charge is 2.50. The largest absolute Gasteiger partial charge is 0.479 e. The zero-order valence-corrected chi connectivity index (χ0v) is 8.43. The normalized spacial score (nSPS) is 28.6. The first-order valence-corrected chi connectivity index (χ1v) is 4.76. The van der Waals surface area contributed by atoms with E-state index < -0.39 is 17.7 Å². The van der Waals surface area contributed by atoms with Gasteiger partial charge in [-0.2, -0.15) is 0 Å². The van der Waals surface area contributed by atoms with Crippen LogP contribution in [0.1, 0.15) is 6.92 Å². The van der Waals surface area contributed by atoms with Crippen LogP contribution in [0.15, 0.2) is 0 Å². The Morgan fingerprint density at radius 2 is 2.13 bits per heavy atom. The molecule has 1 unspecified atom stereocenters. The van der Waals surface area contributed by atoms with Crippen molar-refractivity contribution in [2.24, 2.45) is 0 Å². The molecule has 0 saturated carbocycles. The van der Waals surface area contributed by atoms with Crippen molar-refractivity contribution < 1.29 is 24.2 Å². The molecule has 1 atom stereocenters. The van der Waals surface area contributed by atoms with Crippen molar-refractivity contribution >= 4 is 11.9 Å². The Morgan fingerprint density at radius 1 is 1.47 bits per heavy atom. The van der Waals surface area contributed by atoms with Gasteiger partial charge in [-0.1, -0.05) is 0 Å². The second kappa shape index (κ2) is 3.46. The summed E-state index contributed by atoms with van der Waals surface area (Å²) in [5, 5.41) is 8.78. The molecular weight excluding hydrogens is 202 g/mol. The summed E-state index contributed by atoms with van der Waals surface area (Å²) < 4.78 is 10.6. The summed E-state index contributed by atoms with van der Waals surface area (Å²) in [4.78, 5) is 23.3. The number of carbonyl (C=O) groups excluding carboxylic acids is 1. The highest BCUT2D eigenvalue weighted by Crippen LogP contribution is 2.30. The lowest BCUT2D eigenvalue weighted by molar-refractivity contribution is -0.247. The topological polar surface area (TPSA) is 76.1 Å². The van der Waals surface area contributed by atoms with Crippen molar-refractivity contribution in [2.75, 3.05) is 26.3 Å². The SMILES string of the molecule is CC(=O)N1CC2(COCC(C(=O)O)O2)C1. The molecule has 2 heterocycles. The summed E-state index contributed by atoms with van der Waals surface area (Å²) in [5.41, 5.74) is -0.590. The van der Waals surface area contributed by atoms with Crippen LogP contribution in [-0.2, 0) is 19.1 Å². The Hall–Kier alpha value is -1.14. The molecule has 1 spiro atoms. The van der Waals surface area contributed by atoms with E-state index in [4.69, 9.17) is 14.6 Å². The number of hydrogen-bond acceptors (Lipinski definition) is 4. The van der Waals surface area contributed by atoms with Gasteiger partial charge in [-0.15, -0.1) is 0 Å². The summed E-state index contributed by atoms with van der Waals surface area (Å²) >= 11 is 0. The zero-order chi connectivity index (χ0) is 11.1. The van der Waals surface area contributed by atoms with Crippen LogP contribution in [0.5, 0.6) is 0 Å².